The van der Waals surface area contributed by atoms with Gasteiger partial charge in [-0.25, -0.2) is 0 Å². The molecule has 0 aromatic rings. The zero-order chi connectivity index (χ0) is 9.40. The van der Waals surface area contributed by atoms with Crippen LogP contribution in [-0.4, -0.2) is 61.3 Å². The molecule has 0 unspecified atom stereocenters. The summed E-state index contributed by atoms with van der Waals surface area (Å²) in [6, 6.07) is 0. The molecule has 0 spiro atoms. The third kappa shape index (κ3) is 15.0. The first-order chi connectivity index (χ1) is 5.63. The van der Waals surface area contributed by atoms with E-state index in [1.807, 2.05) is 0 Å². The number of unbranched alkanes of at least 4 members (excludes halogenated alkanes) is 2. The Morgan fingerprint density at radius 3 is 2.31 bits per heavy atom. The van der Waals surface area contributed by atoms with Crippen LogP contribution in [0.15, 0.2) is 0 Å². The number of carboxylic acids is 1. The Balaban J connectivity index is 0. The van der Waals surface area contributed by atoms with Crippen molar-refractivity contribution in [2.75, 3.05) is 6.54 Å². The Labute approximate surface area is 108 Å². The molecule has 0 atom stereocenters. The van der Waals surface area contributed by atoms with Crippen molar-refractivity contribution in [2.45, 2.75) is 32.6 Å². The van der Waals surface area contributed by atoms with Crippen LogP contribution in [-0.2, 0) is 9.59 Å². The topological polar surface area (TPSA) is 66.4 Å². The van der Waals surface area contributed by atoms with Crippen LogP contribution in [0, 0.1) is 0 Å². The average Bonchev–Trinajstić information content (AvgIpc) is 1.95. The molecular weight excluding hydrogens is 198 g/mol. The number of carbonyl (C=O) groups is 2. The second-order valence-electron chi connectivity index (χ2n) is 2.69. The molecule has 0 rings (SSSR count). The Morgan fingerprint density at radius 2 is 1.85 bits per heavy atom. The van der Waals surface area contributed by atoms with E-state index in [9.17, 15) is 9.59 Å². The quantitative estimate of drug-likeness (QED) is 0.495. The van der Waals surface area contributed by atoms with Gasteiger partial charge in [0.15, 0.2) is 0 Å². The molecule has 0 heterocycles. The SMILES string of the molecule is CC(=O)NCCCCCC(=O)O.[Ca+2]. The van der Waals surface area contributed by atoms with Gasteiger partial charge in [0.1, 0.15) is 0 Å². The van der Waals surface area contributed by atoms with E-state index in [2.05, 4.69) is 5.32 Å². The van der Waals surface area contributed by atoms with E-state index in [0.717, 1.165) is 12.8 Å². The van der Waals surface area contributed by atoms with Crippen molar-refractivity contribution in [1.82, 2.24) is 5.32 Å². The Hall–Kier alpha value is 0.200. The van der Waals surface area contributed by atoms with Gasteiger partial charge in [-0.3, -0.25) is 9.59 Å². The summed E-state index contributed by atoms with van der Waals surface area (Å²) in [7, 11) is 0. The van der Waals surface area contributed by atoms with Crippen molar-refractivity contribution in [3.63, 3.8) is 0 Å². The van der Waals surface area contributed by atoms with E-state index in [1.54, 1.807) is 0 Å². The van der Waals surface area contributed by atoms with Crippen LogP contribution >= 0.6 is 0 Å². The molecule has 13 heavy (non-hydrogen) atoms. The van der Waals surface area contributed by atoms with Crippen LogP contribution in [0.2, 0.25) is 0 Å². The fraction of sp³-hybridized carbons (Fsp3) is 0.750. The predicted molar refractivity (Wildman–Crippen MR) is 50.5 cm³/mol. The van der Waals surface area contributed by atoms with Gasteiger partial charge >= 0.3 is 43.7 Å². The molecule has 4 nitrogen and oxygen atoms in total. The van der Waals surface area contributed by atoms with Gasteiger partial charge in [0.2, 0.25) is 5.91 Å². The summed E-state index contributed by atoms with van der Waals surface area (Å²) >= 11 is 0. The van der Waals surface area contributed by atoms with Gasteiger partial charge in [0.25, 0.3) is 0 Å². The summed E-state index contributed by atoms with van der Waals surface area (Å²) in [4.78, 5) is 20.4. The molecule has 1 amide bonds. The van der Waals surface area contributed by atoms with Gasteiger partial charge in [-0.05, 0) is 12.8 Å². The molecule has 0 saturated heterocycles. The second-order valence-corrected chi connectivity index (χ2v) is 2.69. The predicted octanol–water partition coefficient (Wildman–Crippen LogP) is 0.387. The molecule has 0 fully saturated rings. The third-order valence-corrected chi connectivity index (χ3v) is 1.44. The maximum Gasteiger partial charge on any atom is 2.00 e. The van der Waals surface area contributed by atoms with Crippen LogP contribution in [0.4, 0.5) is 0 Å². The first-order valence-corrected chi connectivity index (χ1v) is 4.09. The van der Waals surface area contributed by atoms with Crippen LogP contribution in [0.1, 0.15) is 32.6 Å². The normalized spacial score (nSPS) is 8.69. The zero-order valence-corrected chi connectivity index (χ0v) is 10.2. The third-order valence-electron chi connectivity index (χ3n) is 1.44. The van der Waals surface area contributed by atoms with E-state index in [4.69, 9.17) is 5.11 Å². The van der Waals surface area contributed by atoms with Crippen LogP contribution < -0.4 is 5.32 Å². The number of hydrogen-bond donors (Lipinski definition) is 2. The van der Waals surface area contributed by atoms with Crippen molar-refractivity contribution in [2.24, 2.45) is 0 Å². The maximum absolute atomic E-state index is 10.4. The van der Waals surface area contributed by atoms with E-state index < -0.39 is 5.97 Å². The van der Waals surface area contributed by atoms with Crippen LogP contribution in [0.3, 0.4) is 0 Å². The molecule has 0 aliphatic heterocycles. The van der Waals surface area contributed by atoms with Crippen LogP contribution in [0.25, 0.3) is 0 Å². The number of nitrogens with one attached hydrogen (secondary N) is 1. The summed E-state index contributed by atoms with van der Waals surface area (Å²) in [6.07, 6.45) is 2.62. The number of carbonyl (C=O) groups excluding carboxylic acids is 1. The minimum atomic E-state index is -0.755. The van der Waals surface area contributed by atoms with Gasteiger partial charge in [-0.1, -0.05) is 6.42 Å². The van der Waals surface area contributed by atoms with E-state index in [1.165, 1.54) is 6.92 Å². The Bertz CT molecular complexity index is 143. The number of aliphatic carboxylic acids is 1. The largest absolute Gasteiger partial charge is 2.00 e. The van der Waals surface area contributed by atoms with E-state index >= 15 is 0 Å². The summed E-state index contributed by atoms with van der Waals surface area (Å²) < 4.78 is 0. The van der Waals surface area contributed by atoms with Gasteiger partial charge in [0, 0.05) is 19.9 Å². The summed E-state index contributed by atoms with van der Waals surface area (Å²) in [6.45, 7) is 2.12. The van der Waals surface area contributed by atoms with Gasteiger partial charge in [-0.2, -0.15) is 0 Å². The Morgan fingerprint density at radius 1 is 1.23 bits per heavy atom. The van der Waals surface area contributed by atoms with Crippen molar-refractivity contribution in [1.29, 1.82) is 0 Å². The fourth-order valence-electron chi connectivity index (χ4n) is 0.842. The average molecular weight is 213 g/mol. The maximum atomic E-state index is 10.4. The zero-order valence-electron chi connectivity index (χ0n) is 8.01. The summed E-state index contributed by atoms with van der Waals surface area (Å²) in [5.74, 6) is -0.789. The molecular formula is C8H15CaNO3+2. The number of amides is 1. The Kier molecular flexibility index (Phi) is 12.4. The first-order valence-electron chi connectivity index (χ1n) is 4.09. The van der Waals surface area contributed by atoms with Gasteiger partial charge < -0.3 is 10.4 Å². The van der Waals surface area contributed by atoms with E-state index in [0.29, 0.717) is 13.0 Å². The smallest absolute Gasteiger partial charge is 0.481 e. The molecule has 0 bridgehead atoms. The first kappa shape index (κ1) is 15.7. The molecule has 0 aromatic heterocycles. The van der Waals surface area contributed by atoms with Crippen LogP contribution in [0.5, 0.6) is 0 Å². The summed E-state index contributed by atoms with van der Waals surface area (Å²) in [5.41, 5.74) is 0. The van der Waals surface area contributed by atoms with Gasteiger partial charge in [-0.15, -0.1) is 0 Å². The second kappa shape index (κ2) is 10.3. The summed E-state index contributed by atoms with van der Waals surface area (Å²) in [5, 5.41) is 10.9. The van der Waals surface area contributed by atoms with Crippen molar-refractivity contribution in [3.05, 3.63) is 0 Å². The monoisotopic (exact) mass is 213 g/mol. The van der Waals surface area contributed by atoms with E-state index in [-0.39, 0.29) is 50.1 Å². The molecule has 0 saturated carbocycles. The van der Waals surface area contributed by atoms with Crippen molar-refractivity contribution in [3.8, 4) is 0 Å². The molecule has 0 radical (unpaired) electrons. The van der Waals surface area contributed by atoms with Gasteiger partial charge in [0.05, 0.1) is 0 Å². The minimum Gasteiger partial charge on any atom is -0.481 e. The number of rotatable bonds is 6. The molecule has 0 aromatic carbocycles. The fourth-order valence-corrected chi connectivity index (χ4v) is 0.842. The molecule has 70 valence electrons. The van der Waals surface area contributed by atoms with Crippen molar-refractivity contribution >= 4 is 49.6 Å². The molecule has 2 N–H and O–H groups in total. The molecule has 0 aliphatic rings. The standard InChI is InChI=1S/C8H15NO3.Ca/c1-7(10)9-6-4-2-3-5-8(11)12;/h2-6H2,1H3,(H,9,10)(H,11,12);/q;+2. The van der Waals surface area contributed by atoms with Crippen molar-refractivity contribution < 1.29 is 14.7 Å². The molecule has 5 heteroatoms. The molecule has 0 aliphatic carbocycles. The number of carboxylic acid groups (broad SMARTS) is 1. The number of hydrogen-bond acceptors (Lipinski definition) is 2. The minimum absolute atomic E-state index is 0.